The second-order valence-electron chi connectivity index (χ2n) is 5.98. The smallest absolute Gasteiger partial charge is 0.0241 e. The van der Waals surface area contributed by atoms with E-state index in [-0.39, 0.29) is 0 Å². The molecule has 4 bridgehead atoms. The minimum absolute atomic E-state index is 0.773. The second kappa shape index (κ2) is 1.91. The van der Waals surface area contributed by atoms with Crippen molar-refractivity contribution in [2.45, 2.75) is 52.4 Å². The van der Waals surface area contributed by atoms with Crippen molar-refractivity contribution in [3.05, 3.63) is 0 Å². The lowest BCUT2D eigenvalue weighted by Gasteiger charge is -2.37. The molecular formula is C12H20. The van der Waals surface area contributed by atoms with Crippen molar-refractivity contribution in [2.24, 2.45) is 22.7 Å². The third-order valence-electron chi connectivity index (χ3n) is 5.46. The van der Waals surface area contributed by atoms with Crippen molar-refractivity contribution in [1.82, 2.24) is 0 Å². The molecule has 12 heavy (non-hydrogen) atoms. The molecule has 4 aliphatic carbocycles. The Balaban J connectivity index is 2.05. The Labute approximate surface area is 75.7 Å². The largest absolute Gasteiger partial charge is 0.0648 e. The molecule has 0 heterocycles. The molecule has 0 aliphatic heterocycles. The SMILES string of the molecule is CCC12CC3CC(CC1(C)C3)C2. The van der Waals surface area contributed by atoms with E-state index in [0.29, 0.717) is 0 Å². The van der Waals surface area contributed by atoms with E-state index >= 15 is 0 Å². The fourth-order valence-corrected chi connectivity index (χ4v) is 5.14. The summed E-state index contributed by atoms with van der Waals surface area (Å²) < 4.78 is 0. The number of hydrogen-bond donors (Lipinski definition) is 0. The zero-order valence-electron chi connectivity index (χ0n) is 8.40. The summed E-state index contributed by atoms with van der Waals surface area (Å²) >= 11 is 0. The molecular weight excluding hydrogens is 144 g/mol. The molecule has 0 heteroatoms. The molecule has 4 rings (SSSR count). The normalized spacial score (nSPS) is 61.5. The van der Waals surface area contributed by atoms with Crippen molar-refractivity contribution in [3.8, 4) is 0 Å². The summed E-state index contributed by atoms with van der Waals surface area (Å²) in [5, 5.41) is 0. The van der Waals surface area contributed by atoms with Gasteiger partial charge in [-0.3, -0.25) is 0 Å². The van der Waals surface area contributed by atoms with Crippen molar-refractivity contribution in [2.75, 3.05) is 0 Å². The summed E-state index contributed by atoms with van der Waals surface area (Å²) in [7, 11) is 0. The third kappa shape index (κ3) is 0.625. The van der Waals surface area contributed by atoms with Gasteiger partial charge in [-0.05, 0) is 61.2 Å². The lowest BCUT2D eigenvalue weighted by Crippen LogP contribution is -2.28. The van der Waals surface area contributed by atoms with Crippen LogP contribution in [0.4, 0.5) is 0 Å². The first-order valence-corrected chi connectivity index (χ1v) is 5.67. The Kier molecular flexibility index (Phi) is 1.18. The molecule has 4 aliphatic rings. The molecule has 0 amide bonds. The molecule has 4 saturated carbocycles. The van der Waals surface area contributed by atoms with Gasteiger partial charge >= 0.3 is 0 Å². The first-order valence-electron chi connectivity index (χ1n) is 5.67. The van der Waals surface area contributed by atoms with Gasteiger partial charge in [0.05, 0.1) is 0 Å². The average Bonchev–Trinajstić information content (AvgIpc) is 2.30. The fourth-order valence-electron chi connectivity index (χ4n) is 5.14. The Hall–Kier alpha value is 0. The van der Waals surface area contributed by atoms with E-state index in [2.05, 4.69) is 13.8 Å². The van der Waals surface area contributed by atoms with Gasteiger partial charge in [-0.1, -0.05) is 13.8 Å². The second-order valence-corrected chi connectivity index (χ2v) is 5.98. The summed E-state index contributed by atoms with van der Waals surface area (Å²) in [6.07, 6.45) is 9.33. The van der Waals surface area contributed by atoms with Crippen LogP contribution in [0.3, 0.4) is 0 Å². The van der Waals surface area contributed by atoms with Gasteiger partial charge in [-0.25, -0.2) is 0 Å². The molecule has 0 spiro atoms. The molecule has 0 N–H and O–H groups in total. The Morgan fingerprint density at radius 3 is 2.08 bits per heavy atom. The Morgan fingerprint density at radius 2 is 1.67 bits per heavy atom. The summed E-state index contributed by atoms with van der Waals surface area (Å²) in [6.45, 7) is 5.00. The summed E-state index contributed by atoms with van der Waals surface area (Å²) in [4.78, 5) is 0. The standard InChI is InChI=1S/C12H20/c1-3-12-7-9-4-10(8-12)6-11(12,2)5-9/h9-10H,3-8H2,1-2H3. The van der Waals surface area contributed by atoms with Crippen LogP contribution in [0.15, 0.2) is 0 Å². The average molecular weight is 164 g/mol. The van der Waals surface area contributed by atoms with E-state index < -0.39 is 0 Å². The number of rotatable bonds is 1. The van der Waals surface area contributed by atoms with Gasteiger partial charge in [-0.15, -0.1) is 0 Å². The highest BCUT2D eigenvalue weighted by Gasteiger charge is 2.63. The van der Waals surface area contributed by atoms with E-state index in [1.54, 1.807) is 32.1 Å². The molecule has 0 saturated heterocycles. The van der Waals surface area contributed by atoms with Crippen LogP contribution in [0.5, 0.6) is 0 Å². The van der Waals surface area contributed by atoms with Crippen LogP contribution in [0, 0.1) is 22.7 Å². The van der Waals surface area contributed by atoms with Crippen LogP contribution in [-0.4, -0.2) is 0 Å². The van der Waals surface area contributed by atoms with Crippen LogP contribution in [0.25, 0.3) is 0 Å². The Morgan fingerprint density at radius 1 is 1.08 bits per heavy atom. The molecule has 0 aromatic carbocycles. The maximum atomic E-state index is 2.58. The lowest BCUT2D eigenvalue weighted by atomic mass is 9.68. The third-order valence-corrected chi connectivity index (χ3v) is 5.46. The quantitative estimate of drug-likeness (QED) is 0.555. The van der Waals surface area contributed by atoms with Gasteiger partial charge in [0.1, 0.15) is 0 Å². The molecule has 0 radical (unpaired) electrons. The zero-order chi connectivity index (χ0) is 8.40. The van der Waals surface area contributed by atoms with E-state index in [1.807, 2.05) is 0 Å². The van der Waals surface area contributed by atoms with E-state index in [4.69, 9.17) is 0 Å². The first kappa shape index (κ1) is 7.41. The van der Waals surface area contributed by atoms with E-state index in [0.717, 1.165) is 22.7 Å². The minimum Gasteiger partial charge on any atom is -0.0648 e. The molecule has 0 aromatic heterocycles. The molecule has 4 fully saturated rings. The topological polar surface area (TPSA) is 0 Å². The van der Waals surface area contributed by atoms with Crippen LogP contribution in [0.1, 0.15) is 52.4 Å². The predicted molar refractivity (Wildman–Crippen MR) is 50.9 cm³/mol. The van der Waals surface area contributed by atoms with Gasteiger partial charge in [-0.2, -0.15) is 0 Å². The first-order chi connectivity index (χ1) is 5.67. The predicted octanol–water partition coefficient (Wildman–Crippen LogP) is 3.61. The van der Waals surface area contributed by atoms with Gasteiger partial charge in [0, 0.05) is 0 Å². The Bertz CT molecular complexity index is 202. The van der Waals surface area contributed by atoms with Gasteiger partial charge in [0.15, 0.2) is 0 Å². The summed E-state index contributed by atoms with van der Waals surface area (Å²) in [5.41, 5.74) is 1.58. The summed E-state index contributed by atoms with van der Waals surface area (Å²) in [6, 6.07) is 0. The monoisotopic (exact) mass is 164 g/mol. The summed E-state index contributed by atoms with van der Waals surface area (Å²) in [5.74, 6) is 2.25. The zero-order valence-corrected chi connectivity index (χ0v) is 8.40. The van der Waals surface area contributed by atoms with Crippen molar-refractivity contribution >= 4 is 0 Å². The van der Waals surface area contributed by atoms with Crippen molar-refractivity contribution < 1.29 is 0 Å². The maximum absolute atomic E-state index is 2.58. The van der Waals surface area contributed by atoms with Gasteiger partial charge in [0.25, 0.3) is 0 Å². The van der Waals surface area contributed by atoms with Gasteiger partial charge in [0.2, 0.25) is 0 Å². The fraction of sp³-hybridized carbons (Fsp3) is 1.00. The molecule has 0 aromatic rings. The minimum atomic E-state index is 0.773. The van der Waals surface area contributed by atoms with Crippen LogP contribution < -0.4 is 0 Å². The highest BCUT2D eigenvalue weighted by Crippen LogP contribution is 2.73. The molecule has 0 nitrogen and oxygen atoms in total. The molecule has 2 unspecified atom stereocenters. The van der Waals surface area contributed by atoms with Gasteiger partial charge < -0.3 is 0 Å². The molecule has 68 valence electrons. The maximum Gasteiger partial charge on any atom is -0.0241 e. The van der Waals surface area contributed by atoms with Crippen LogP contribution in [-0.2, 0) is 0 Å². The molecule has 2 atom stereocenters. The van der Waals surface area contributed by atoms with Crippen LogP contribution >= 0.6 is 0 Å². The van der Waals surface area contributed by atoms with E-state index in [1.165, 1.54) is 6.42 Å². The highest BCUT2D eigenvalue weighted by atomic mass is 14.7. The van der Waals surface area contributed by atoms with Crippen LogP contribution in [0.2, 0.25) is 0 Å². The van der Waals surface area contributed by atoms with Crippen molar-refractivity contribution in [1.29, 1.82) is 0 Å². The van der Waals surface area contributed by atoms with E-state index in [9.17, 15) is 0 Å². The highest BCUT2D eigenvalue weighted by molar-refractivity contribution is 5.13. The lowest BCUT2D eigenvalue weighted by molar-refractivity contribution is 0.126. The van der Waals surface area contributed by atoms with Crippen molar-refractivity contribution in [3.63, 3.8) is 0 Å². The number of hydrogen-bond acceptors (Lipinski definition) is 0.